The summed E-state index contributed by atoms with van der Waals surface area (Å²) in [6.07, 6.45) is -0.580. The average molecular weight is 1370 g/mol. The highest BCUT2D eigenvalue weighted by Crippen LogP contribution is 2.26. The third-order valence-corrected chi connectivity index (χ3v) is 15.9. The van der Waals surface area contributed by atoms with Crippen LogP contribution < -0.4 is 46.8 Å². The minimum Gasteiger partial charge on any atom is -0.494 e. The van der Waals surface area contributed by atoms with Crippen LogP contribution in [0.4, 0.5) is 19.1 Å². The molecule has 1 fully saturated rings. The second-order valence-electron chi connectivity index (χ2n) is 21.5. The molecule has 2 aromatic carbocycles. The number of rotatable bonds is 28. The Morgan fingerprint density at radius 2 is 1.31 bits per heavy atom. The summed E-state index contributed by atoms with van der Waals surface area (Å²) in [5.74, 6) is -5.99. The summed E-state index contributed by atoms with van der Waals surface area (Å²) in [6, 6.07) is 4.42. The van der Waals surface area contributed by atoms with E-state index in [1.54, 1.807) is 56.1 Å². The van der Waals surface area contributed by atoms with Gasteiger partial charge in [0.05, 0.1) is 23.6 Å². The number of nitrogens with one attached hydrogen (secondary N) is 8. The lowest BCUT2D eigenvalue weighted by Gasteiger charge is -2.32. The zero-order valence-corrected chi connectivity index (χ0v) is 54.3. The van der Waals surface area contributed by atoms with Gasteiger partial charge in [-0.2, -0.15) is 37.1 Å². The lowest BCUT2D eigenvalue weighted by molar-refractivity contribution is -0.193. The number of likely N-dealkylation sites (N-methyl/N-ethyl adjacent to an activating group) is 2. The van der Waals surface area contributed by atoms with Crippen LogP contribution in [0.25, 0.3) is 10.9 Å². The van der Waals surface area contributed by atoms with Crippen molar-refractivity contribution in [3.63, 3.8) is 0 Å². The van der Waals surface area contributed by atoms with Crippen molar-refractivity contribution in [3.8, 4) is 5.75 Å². The molecule has 526 valence electrons. The van der Waals surface area contributed by atoms with E-state index < -0.39 is 82.2 Å². The molecule has 0 spiro atoms. The number of aromatic nitrogens is 3. The van der Waals surface area contributed by atoms with Crippen LogP contribution in [0, 0.1) is 13.8 Å². The Morgan fingerprint density at radius 3 is 1.85 bits per heavy atom. The van der Waals surface area contributed by atoms with E-state index >= 15 is 0 Å². The number of imidazole rings is 1. The van der Waals surface area contributed by atoms with Gasteiger partial charge in [0.25, 0.3) is 5.91 Å². The number of carbonyl (C=O) groups is 7. The molecule has 37 heteroatoms. The fourth-order valence-corrected chi connectivity index (χ4v) is 10.8. The average Bonchev–Trinajstić information content (AvgIpc) is 1.01. The number of anilines is 1. The molecule has 3 unspecified atom stereocenters. The van der Waals surface area contributed by atoms with Crippen LogP contribution >= 0.6 is 0 Å². The lowest BCUT2D eigenvalue weighted by atomic mass is 10.1. The smallest absolute Gasteiger partial charge is 0.490 e. The topological polar surface area (TPSA) is 460 Å². The predicted molar refractivity (Wildman–Crippen MR) is 330 cm³/mol. The van der Waals surface area contributed by atoms with Gasteiger partial charge in [0.15, 0.2) is 12.2 Å². The Labute approximate surface area is 544 Å². The van der Waals surface area contributed by atoms with E-state index in [9.17, 15) is 70.5 Å². The largest absolute Gasteiger partial charge is 0.494 e. The SMILES string of the molecule is CCC(NC(=O)CN1CCN(C)CCN(C)CCN(CC(O)O)CC1)C(=O)NC(CC)C(=O)NCCNC(=O)CCCOc1cc(C)c(S(=O)(=O)NC(CNC(=O)c2cn(C)c3cc(CNc4ncc[nH]4)ccc3c2=O)C(=O)O)c(C)c1.O=C(O)C(F)(F)F.O=C=O.O=C=O. The number of sulfonamides is 1. The minimum atomic E-state index is -5.08. The summed E-state index contributed by atoms with van der Waals surface area (Å²) in [5.41, 5.74) is 1.00. The van der Waals surface area contributed by atoms with Crippen LogP contribution in [0.2, 0.25) is 0 Å². The van der Waals surface area contributed by atoms with E-state index in [2.05, 4.69) is 56.4 Å². The summed E-state index contributed by atoms with van der Waals surface area (Å²) in [6.45, 7) is 11.9. The number of β-amino-alcohol motifs (C(OH)–C–C–N with tert-alkyl or cyclic N) is 2. The number of H-pyrrole nitrogens is 1. The molecule has 0 saturated carbocycles. The van der Waals surface area contributed by atoms with E-state index in [1.807, 2.05) is 23.9 Å². The van der Waals surface area contributed by atoms with Gasteiger partial charge in [-0.25, -0.2) is 18.2 Å². The number of aromatic amines is 1. The minimum absolute atomic E-state index is 0.0214. The number of aliphatic hydroxyl groups excluding tert-OH is 1. The van der Waals surface area contributed by atoms with Crippen LogP contribution in [-0.2, 0) is 71.6 Å². The highest BCUT2D eigenvalue weighted by Gasteiger charge is 2.38. The number of pyridine rings is 1. The van der Waals surface area contributed by atoms with E-state index in [4.69, 9.17) is 33.8 Å². The van der Waals surface area contributed by atoms with Crippen molar-refractivity contribution in [2.75, 3.05) is 111 Å². The fraction of sp³-hybridized carbons (Fsp3) is 0.534. The highest BCUT2D eigenvalue weighted by atomic mass is 32.2. The van der Waals surface area contributed by atoms with Crippen molar-refractivity contribution < 1.29 is 99.5 Å². The van der Waals surface area contributed by atoms with Crippen molar-refractivity contribution in [2.24, 2.45) is 7.05 Å². The van der Waals surface area contributed by atoms with Crippen LogP contribution in [0.1, 0.15) is 66.6 Å². The Bertz CT molecular complexity index is 3390. The molecule has 12 N–H and O–H groups in total. The Hall–Kier alpha value is -9.03. The predicted octanol–water partition coefficient (Wildman–Crippen LogP) is -1.91. The quantitative estimate of drug-likeness (QED) is 0.0218. The zero-order chi connectivity index (χ0) is 71.6. The number of alkyl halides is 3. The van der Waals surface area contributed by atoms with Gasteiger partial charge in [-0.15, -0.1) is 0 Å². The number of aryl methyl sites for hydroxylation is 3. The number of nitrogens with zero attached hydrogens (tertiary/aromatic N) is 6. The number of carbonyl (C=O) groups excluding carboxylic acids is 9. The number of benzene rings is 2. The summed E-state index contributed by atoms with van der Waals surface area (Å²) < 4.78 is 68.7. The third kappa shape index (κ3) is 29.9. The lowest BCUT2D eigenvalue weighted by Crippen LogP contribution is -2.55. The van der Waals surface area contributed by atoms with Gasteiger partial charge in [0.1, 0.15) is 29.4 Å². The Kier molecular flexibility index (Phi) is 36.0. The van der Waals surface area contributed by atoms with Gasteiger partial charge < -0.3 is 76.4 Å². The van der Waals surface area contributed by atoms with E-state index in [0.717, 1.165) is 25.2 Å². The maximum Gasteiger partial charge on any atom is 0.490 e. The molecule has 1 saturated heterocycles. The molecule has 4 aromatic rings. The van der Waals surface area contributed by atoms with Crippen LogP contribution in [0.15, 0.2) is 58.6 Å². The summed E-state index contributed by atoms with van der Waals surface area (Å²) in [5, 5.41) is 53.2. The summed E-state index contributed by atoms with van der Waals surface area (Å²) in [4.78, 5) is 148. The van der Waals surface area contributed by atoms with Gasteiger partial charge in [-0.05, 0) is 88.2 Å². The number of carboxylic acid groups (broad SMARTS) is 2. The monoisotopic (exact) mass is 1370 g/mol. The van der Waals surface area contributed by atoms with Crippen LogP contribution in [0.3, 0.4) is 0 Å². The molecular formula is C58H83F3N14O19S. The van der Waals surface area contributed by atoms with Crippen LogP contribution in [-0.4, -0.2) is 253 Å². The van der Waals surface area contributed by atoms with Crippen molar-refractivity contribution in [2.45, 2.75) is 95.4 Å². The number of ether oxygens (including phenoxy) is 1. The first-order valence-corrected chi connectivity index (χ1v) is 31.0. The summed E-state index contributed by atoms with van der Waals surface area (Å²) >= 11 is 0. The van der Waals surface area contributed by atoms with Crippen LogP contribution in [0.5, 0.6) is 5.75 Å². The van der Waals surface area contributed by atoms with Gasteiger partial charge in [0.2, 0.25) is 39.1 Å². The molecule has 2 aromatic heterocycles. The number of hydrogen-bond donors (Lipinski definition) is 12. The molecule has 3 atom stereocenters. The van der Waals surface area contributed by atoms with Gasteiger partial charge in [-0.3, -0.25) is 43.4 Å². The molecule has 5 rings (SSSR count). The van der Waals surface area contributed by atoms with E-state index in [0.29, 0.717) is 56.5 Å². The molecule has 0 bridgehead atoms. The third-order valence-electron chi connectivity index (χ3n) is 14.1. The van der Waals surface area contributed by atoms with E-state index in [-0.39, 0.29) is 110 Å². The maximum atomic E-state index is 13.7. The molecular weight excluding hydrogens is 1290 g/mol. The van der Waals surface area contributed by atoms with Crippen molar-refractivity contribution >= 4 is 80.7 Å². The first kappa shape index (κ1) is 82.1. The molecule has 0 radical (unpaired) electrons. The van der Waals surface area contributed by atoms with Gasteiger partial charge in [-0.1, -0.05) is 19.9 Å². The molecule has 33 nitrogen and oxygen atoms in total. The number of halogens is 3. The first-order chi connectivity index (χ1) is 44.7. The number of amides is 5. The van der Waals surface area contributed by atoms with Gasteiger partial charge >= 0.3 is 30.4 Å². The number of aliphatic hydroxyl groups is 2. The molecule has 1 aliphatic heterocycles. The fourth-order valence-electron chi connectivity index (χ4n) is 9.19. The molecule has 3 heterocycles. The number of hydrogen-bond acceptors (Lipinski definition) is 23. The van der Waals surface area contributed by atoms with Crippen molar-refractivity contribution in [3.05, 3.63) is 81.4 Å². The van der Waals surface area contributed by atoms with Crippen molar-refractivity contribution in [1.29, 1.82) is 0 Å². The number of aliphatic carboxylic acids is 2. The highest BCUT2D eigenvalue weighted by molar-refractivity contribution is 7.89. The summed E-state index contributed by atoms with van der Waals surface area (Å²) in [7, 11) is 1.21. The first-order valence-electron chi connectivity index (χ1n) is 29.5. The number of carboxylic acids is 2. The molecule has 5 amide bonds. The normalized spacial score (nSPS) is 14.5. The van der Waals surface area contributed by atoms with Gasteiger partial charge in [0, 0.05) is 123 Å². The Balaban J connectivity index is 0.00000215. The Morgan fingerprint density at radius 1 is 0.758 bits per heavy atom. The molecule has 95 heavy (non-hydrogen) atoms. The molecule has 0 aliphatic carbocycles. The maximum absolute atomic E-state index is 13.7. The zero-order valence-electron chi connectivity index (χ0n) is 53.5. The van der Waals surface area contributed by atoms with E-state index in [1.165, 1.54) is 32.2 Å². The van der Waals surface area contributed by atoms with Crippen molar-refractivity contribution in [1.82, 2.24) is 65.4 Å². The number of fused-ring (bicyclic) bond motifs is 1. The standard InChI is InChI=1S/C54H82N14O13S.C2HF3O2.2CO2/c1-8-41(62-52(76)42(9-2)61-46(70)33-67-22-20-64(5)18-19-65(6)21-23-68(25-24-67)34-47(71)72)51(75)56-15-14-55-45(69)11-10-26-81-38-27-35(3)49(36(4)28-38)82(79,80)63-43(53(77)78)31-59-50(74)40-32-66(7)44-29-37(12-13-39(44)48(40)73)30-60-54-57-16-17-58-54;3-2(4,5)1(6)7;2*2-1-3/h12-13,16-17,27-29,32,41-43,47,63,71-72H,8-11,14-15,18-26,30-31,33-34H2,1-7H3,(H,55,69)(H,56,75)(H,59,74)(H,61,70)(H,62,76)(H,77,78)(H2,57,58,60);(H,6,7);;. The molecule has 1 aliphatic rings. The second kappa shape index (κ2) is 41.6. The second-order valence-corrected chi connectivity index (χ2v) is 23.1.